The number of nitrogens with zero attached hydrogens (tertiary/aromatic N) is 2. The summed E-state index contributed by atoms with van der Waals surface area (Å²) >= 11 is 5.01. The van der Waals surface area contributed by atoms with Crippen molar-refractivity contribution in [2.24, 2.45) is 0 Å². The molecular weight excluding hydrogens is 500 g/mol. The number of hydrogen-bond acceptors (Lipinski definition) is 5. The highest BCUT2D eigenvalue weighted by molar-refractivity contribution is 9.10. The smallest absolute Gasteiger partial charge is 0.274 e. The highest BCUT2D eigenvalue weighted by atomic mass is 79.9. The summed E-state index contributed by atoms with van der Waals surface area (Å²) in [6, 6.07) is 19.7. The summed E-state index contributed by atoms with van der Waals surface area (Å²) in [4.78, 5) is 18.4. The van der Waals surface area contributed by atoms with Crippen LogP contribution >= 0.6 is 27.3 Å². The Hall–Kier alpha value is -3.16. The molecule has 33 heavy (non-hydrogen) atoms. The molecule has 0 radical (unpaired) electrons. The zero-order chi connectivity index (χ0) is 22.9. The number of aromatic nitrogens is 2. The number of hydrogen-bond donors (Lipinski definition) is 0. The number of benzene rings is 3. The number of imidazole rings is 1. The van der Waals surface area contributed by atoms with E-state index in [2.05, 4.69) is 52.1 Å². The first-order valence-corrected chi connectivity index (χ1v) is 12.2. The van der Waals surface area contributed by atoms with E-state index in [0.29, 0.717) is 34.2 Å². The van der Waals surface area contributed by atoms with E-state index in [-0.39, 0.29) is 5.56 Å². The molecule has 2 heterocycles. The van der Waals surface area contributed by atoms with Gasteiger partial charge in [-0.1, -0.05) is 53.3 Å². The summed E-state index contributed by atoms with van der Waals surface area (Å²) in [6.07, 6.45) is 1.87. The Labute approximate surface area is 203 Å². The van der Waals surface area contributed by atoms with Gasteiger partial charge in [-0.3, -0.25) is 4.79 Å². The summed E-state index contributed by atoms with van der Waals surface area (Å²) < 4.78 is 15.0. The number of ether oxygens (including phenoxy) is 2. The van der Waals surface area contributed by atoms with Gasteiger partial charge in [-0.2, -0.15) is 0 Å². The van der Waals surface area contributed by atoms with Gasteiger partial charge in [0.15, 0.2) is 16.5 Å². The Kier molecular flexibility index (Phi) is 5.91. The van der Waals surface area contributed by atoms with Gasteiger partial charge in [-0.05, 0) is 71.2 Å². The fourth-order valence-electron chi connectivity index (χ4n) is 3.68. The molecule has 0 N–H and O–H groups in total. The van der Waals surface area contributed by atoms with Gasteiger partial charge in [-0.25, -0.2) is 9.38 Å². The molecule has 0 saturated carbocycles. The van der Waals surface area contributed by atoms with Crippen LogP contribution in [-0.2, 0) is 6.61 Å². The van der Waals surface area contributed by atoms with Gasteiger partial charge in [0.25, 0.3) is 5.56 Å². The first kappa shape index (κ1) is 21.7. The summed E-state index contributed by atoms with van der Waals surface area (Å²) in [6.45, 7) is 4.93. The van der Waals surface area contributed by atoms with Crippen molar-refractivity contribution in [3.8, 4) is 11.5 Å². The Bertz CT molecular complexity index is 1570. The minimum absolute atomic E-state index is 0.0718. The average molecular weight is 521 g/mol. The third kappa shape index (κ3) is 4.26. The van der Waals surface area contributed by atoms with Gasteiger partial charge < -0.3 is 9.47 Å². The van der Waals surface area contributed by atoms with E-state index in [4.69, 9.17) is 9.47 Å². The third-order valence-electron chi connectivity index (χ3n) is 5.28. The lowest BCUT2D eigenvalue weighted by molar-refractivity contribution is 0.267. The standard InChI is InChI=1S/C26H21BrN2O3S/c1-3-31-22-13-18(12-19(27)24(22)32-15-17-10-8-16(2)9-11-17)14-23-25(30)29-21-7-5-4-6-20(21)28-26(29)33-23/h4-14H,3,15H2,1-2H3. The molecule has 0 bridgehead atoms. The fourth-order valence-corrected chi connectivity index (χ4v) is 5.24. The van der Waals surface area contributed by atoms with Crippen LogP contribution in [0.15, 0.2) is 69.9 Å². The number of thiazole rings is 1. The lowest BCUT2D eigenvalue weighted by atomic mass is 10.1. The van der Waals surface area contributed by atoms with E-state index in [9.17, 15) is 4.79 Å². The summed E-state index contributed by atoms with van der Waals surface area (Å²) in [5.74, 6) is 1.27. The highest BCUT2D eigenvalue weighted by Gasteiger charge is 2.14. The second-order valence-corrected chi connectivity index (χ2v) is 9.54. The van der Waals surface area contributed by atoms with Crippen LogP contribution in [0.1, 0.15) is 23.6 Å². The van der Waals surface area contributed by atoms with Crippen molar-refractivity contribution in [3.05, 3.63) is 96.7 Å². The molecule has 0 atom stereocenters. The van der Waals surface area contributed by atoms with E-state index in [0.717, 1.165) is 26.6 Å². The topological polar surface area (TPSA) is 52.8 Å². The van der Waals surface area contributed by atoms with Crippen LogP contribution in [0.4, 0.5) is 0 Å². The van der Waals surface area contributed by atoms with Crippen LogP contribution in [0, 0.1) is 6.92 Å². The van der Waals surface area contributed by atoms with Crippen LogP contribution in [-0.4, -0.2) is 16.0 Å². The molecule has 5 nitrogen and oxygen atoms in total. The molecule has 5 rings (SSSR count). The second kappa shape index (κ2) is 9.00. The van der Waals surface area contributed by atoms with Crippen LogP contribution in [0.2, 0.25) is 0 Å². The second-order valence-electron chi connectivity index (χ2n) is 7.67. The molecule has 0 fully saturated rings. The SMILES string of the molecule is CCOc1cc(C=c2sc3nc4ccccc4n3c2=O)cc(Br)c1OCc1ccc(C)cc1. The molecule has 0 aliphatic rings. The van der Waals surface area contributed by atoms with Gasteiger partial charge in [0.05, 0.1) is 26.6 Å². The maximum absolute atomic E-state index is 13.1. The predicted octanol–water partition coefficient (Wildman–Crippen LogP) is 5.51. The molecule has 0 unspecified atom stereocenters. The quantitative estimate of drug-likeness (QED) is 0.296. The molecule has 0 aliphatic heterocycles. The average Bonchev–Trinajstić information content (AvgIpc) is 3.31. The number of aryl methyl sites for hydroxylation is 1. The lowest BCUT2D eigenvalue weighted by Gasteiger charge is -2.15. The molecule has 0 amide bonds. The van der Waals surface area contributed by atoms with Crippen molar-refractivity contribution in [3.63, 3.8) is 0 Å². The van der Waals surface area contributed by atoms with Crippen LogP contribution in [0.3, 0.4) is 0 Å². The highest BCUT2D eigenvalue weighted by Crippen LogP contribution is 2.37. The van der Waals surface area contributed by atoms with Crippen molar-refractivity contribution in [2.75, 3.05) is 6.61 Å². The molecule has 5 aromatic rings. The van der Waals surface area contributed by atoms with Gasteiger partial charge in [0, 0.05) is 0 Å². The Morgan fingerprint density at radius 3 is 2.67 bits per heavy atom. The van der Waals surface area contributed by atoms with Crippen LogP contribution in [0.5, 0.6) is 11.5 Å². The Morgan fingerprint density at radius 2 is 1.88 bits per heavy atom. The van der Waals surface area contributed by atoms with Crippen molar-refractivity contribution >= 4 is 49.3 Å². The molecule has 2 aromatic heterocycles. The molecule has 0 saturated heterocycles. The number of para-hydroxylation sites is 2. The van der Waals surface area contributed by atoms with Gasteiger partial charge in [-0.15, -0.1) is 0 Å². The molecule has 0 aliphatic carbocycles. The molecule has 3 aromatic carbocycles. The maximum Gasteiger partial charge on any atom is 0.274 e. The molecule has 0 spiro atoms. The van der Waals surface area contributed by atoms with Gasteiger partial charge >= 0.3 is 0 Å². The summed E-state index contributed by atoms with van der Waals surface area (Å²) in [5.41, 5.74) is 4.71. The zero-order valence-corrected chi connectivity index (χ0v) is 20.6. The maximum atomic E-state index is 13.1. The number of halogens is 1. The van der Waals surface area contributed by atoms with Crippen molar-refractivity contribution in [1.82, 2.24) is 9.38 Å². The van der Waals surface area contributed by atoms with E-state index in [1.807, 2.05) is 49.4 Å². The fraction of sp³-hybridized carbons (Fsp3) is 0.154. The predicted molar refractivity (Wildman–Crippen MR) is 136 cm³/mol. The first-order chi connectivity index (χ1) is 16.0. The van der Waals surface area contributed by atoms with E-state index in [1.54, 1.807) is 4.40 Å². The third-order valence-corrected chi connectivity index (χ3v) is 6.84. The summed E-state index contributed by atoms with van der Waals surface area (Å²) in [5, 5.41) is 0. The van der Waals surface area contributed by atoms with E-state index < -0.39 is 0 Å². The lowest BCUT2D eigenvalue weighted by Crippen LogP contribution is -2.22. The van der Waals surface area contributed by atoms with E-state index in [1.165, 1.54) is 16.9 Å². The largest absolute Gasteiger partial charge is 0.490 e. The van der Waals surface area contributed by atoms with Crippen molar-refractivity contribution in [2.45, 2.75) is 20.5 Å². The molecule has 7 heteroatoms. The van der Waals surface area contributed by atoms with Gasteiger partial charge in [0.1, 0.15) is 6.61 Å². The molecule has 166 valence electrons. The molecular formula is C26H21BrN2O3S. The normalized spacial score (nSPS) is 12.0. The number of rotatable bonds is 6. The van der Waals surface area contributed by atoms with Crippen molar-refractivity contribution < 1.29 is 9.47 Å². The van der Waals surface area contributed by atoms with Gasteiger partial charge in [0.2, 0.25) is 0 Å². The zero-order valence-electron chi connectivity index (χ0n) is 18.2. The summed E-state index contributed by atoms with van der Waals surface area (Å²) in [7, 11) is 0. The first-order valence-electron chi connectivity index (χ1n) is 10.6. The Morgan fingerprint density at radius 1 is 1.09 bits per heavy atom. The minimum Gasteiger partial charge on any atom is -0.490 e. The minimum atomic E-state index is -0.0718. The number of fused-ring (bicyclic) bond motifs is 3. The van der Waals surface area contributed by atoms with E-state index >= 15 is 0 Å². The Balaban J connectivity index is 1.52. The van der Waals surface area contributed by atoms with Crippen LogP contribution < -0.4 is 19.6 Å². The van der Waals surface area contributed by atoms with Crippen LogP contribution in [0.25, 0.3) is 22.1 Å². The van der Waals surface area contributed by atoms with Crippen molar-refractivity contribution in [1.29, 1.82) is 0 Å². The monoisotopic (exact) mass is 520 g/mol.